The molecule has 0 radical (unpaired) electrons. The first-order chi connectivity index (χ1) is 18.4. The summed E-state index contributed by atoms with van der Waals surface area (Å²) >= 11 is 5.71. The molecular weight excluding hydrogens is 494 g/mol. The van der Waals surface area contributed by atoms with Gasteiger partial charge in [0.1, 0.15) is 0 Å². The van der Waals surface area contributed by atoms with E-state index in [4.69, 9.17) is 21.3 Å². The number of piperazine rings is 1. The monoisotopic (exact) mass is 539 g/mol. The van der Waals surface area contributed by atoms with Crippen molar-refractivity contribution in [2.45, 2.75) is 73.6 Å². The number of benzene rings is 1. The van der Waals surface area contributed by atoms with Crippen LogP contribution in [-0.4, -0.2) is 54.2 Å². The first-order valence-electron chi connectivity index (χ1n) is 14.1. The van der Waals surface area contributed by atoms with E-state index in [1.165, 1.54) is 41.7 Å². The van der Waals surface area contributed by atoms with Crippen molar-refractivity contribution in [2.75, 3.05) is 32.8 Å². The van der Waals surface area contributed by atoms with Crippen LogP contribution in [0, 0.1) is 5.92 Å². The van der Waals surface area contributed by atoms with Crippen LogP contribution in [0.2, 0.25) is 5.02 Å². The summed E-state index contributed by atoms with van der Waals surface area (Å²) in [5.74, 6) is 2.94. The quantitative estimate of drug-likeness (QED) is 0.125. The van der Waals surface area contributed by atoms with E-state index in [2.05, 4.69) is 63.8 Å². The standard InChI is InChI=1S/C23H35N3O2.C9H11Cl/c1-6-9-12-24-18(4)23(21(7-2)20-10-11-20)19(5)25-13-15-26(16-14-25)22(17-27)28-8-3;1-2-3-8-4-6-9(10)7-5-8/h7,9,12,20H,6,8,10-11,13-16H2,1-5H3;4-7H,2-3H2,1H3/b12-9+,21-7-,23-19-,24-18+;. The lowest BCUT2D eigenvalue weighted by Gasteiger charge is -2.38. The van der Waals surface area contributed by atoms with Crippen LogP contribution in [0.5, 0.6) is 0 Å². The summed E-state index contributed by atoms with van der Waals surface area (Å²) in [5.41, 5.74) is 6.43. The highest BCUT2D eigenvalue weighted by Crippen LogP contribution is 2.41. The molecule has 1 saturated carbocycles. The molecule has 0 unspecified atom stereocenters. The van der Waals surface area contributed by atoms with E-state index < -0.39 is 0 Å². The van der Waals surface area contributed by atoms with Crippen molar-refractivity contribution in [2.24, 2.45) is 10.9 Å². The van der Waals surface area contributed by atoms with Crippen LogP contribution in [0.1, 0.15) is 72.8 Å². The van der Waals surface area contributed by atoms with Gasteiger partial charge in [-0.3, -0.25) is 4.99 Å². The summed E-state index contributed by atoms with van der Waals surface area (Å²) in [6, 6.07) is 8.02. The van der Waals surface area contributed by atoms with Gasteiger partial charge < -0.3 is 14.5 Å². The van der Waals surface area contributed by atoms with Gasteiger partial charge in [0.05, 0.1) is 6.61 Å². The first kappa shape index (κ1) is 31.5. The Morgan fingerprint density at radius 3 is 2.21 bits per heavy atom. The summed E-state index contributed by atoms with van der Waals surface area (Å²) in [4.78, 5) is 20.3. The number of allylic oxidation sites excluding steroid dienone is 5. The van der Waals surface area contributed by atoms with Gasteiger partial charge in [-0.15, -0.1) is 0 Å². The highest BCUT2D eigenvalue weighted by Gasteiger charge is 2.31. The van der Waals surface area contributed by atoms with Crippen LogP contribution >= 0.6 is 11.6 Å². The topological polar surface area (TPSA) is 45.1 Å². The van der Waals surface area contributed by atoms with Crippen molar-refractivity contribution < 1.29 is 9.53 Å². The number of carbonyl (C=O) groups excluding carboxylic acids is 1. The predicted octanol–water partition coefficient (Wildman–Crippen LogP) is 7.62. The van der Waals surface area contributed by atoms with Crippen molar-refractivity contribution in [3.63, 3.8) is 0 Å². The minimum Gasteiger partial charge on any atom is -0.471 e. The second-order valence-electron chi connectivity index (χ2n) is 9.68. The fourth-order valence-corrected chi connectivity index (χ4v) is 4.78. The molecule has 0 aromatic heterocycles. The van der Waals surface area contributed by atoms with E-state index in [-0.39, 0.29) is 0 Å². The minimum absolute atomic E-state index is 0.332. The van der Waals surface area contributed by atoms with Crippen LogP contribution in [0.4, 0.5) is 0 Å². The number of hydrogen-bond donors (Lipinski definition) is 0. The minimum atomic E-state index is 0.332. The van der Waals surface area contributed by atoms with Gasteiger partial charge in [0.25, 0.3) is 5.88 Å². The SMILES string of the molecule is CCCc1ccc(Cl)cc1.C\C=C(C(/C(C)=N/C=C/CC)=C(/C)N1CCN(C(=C=O)OCC)CC1)\C1CC1. The van der Waals surface area contributed by atoms with Crippen molar-refractivity contribution in [1.29, 1.82) is 0 Å². The molecule has 5 nitrogen and oxygen atoms in total. The van der Waals surface area contributed by atoms with E-state index >= 15 is 0 Å². The number of aryl methyl sites for hydroxylation is 1. The van der Waals surface area contributed by atoms with Gasteiger partial charge in [-0.1, -0.05) is 56.2 Å². The van der Waals surface area contributed by atoms with E-state index in [1.54, 1.807) is 0 Å². The molecule has 6 heteroatoms. The highest BCUT2D eigenvalue weighted by molar-refractivity contribution is 6.30. The summed E-state index contributed by atoms with van der Waals surface area (Å²) in [5, 5.41) is 0.819. The molecule has 1 aromatic rings. The maximum absolute atomic E-state index is 11.2. The Kier molecular flexibility index (Phi) is 14.0. The second kappa shape index (κ2) is 17.0. The molecule has 1 saturated heterocycles. The first-order valence-corrected chi connectivity index (χ1v) is 14.5. The molecule has 38 heavy (non-hydrogen) atoms. The molecule has 1 heterocycles. The maximum Gasteiger partial charge on any atom is 0.278 e. The second-order valence-corrected chi connectivity index (χ2v) is 10.1. The van der Waals surface area contributed by atoms with Crippen molar-refractivity contribution in [3.8, 4) is 0 Å². The summed E-state index contributed by atoms with van der Waals surface area (Å²) in [6.45, 7) is 16.4. The predicted molar refractivity (Wildman–Crippen MR) is 161 cm³/mol. The van der Waals surface area contributed by atoms with Gasteiger partial charge in [0.2, 0.25) is 0 Å². The van der Waals surface area contributed by atoms with Gasteiger partial charge in [-0.2, -0.15) is 0 Å². The number of rotatable bonds is 11. The van der Waals surface area contributed by atoms with Gasteiger partial charge in [0.15, 0.2) is 5.94 Å². The van der Waals surface area contributed by atoms with Crippen molar-refractivity contribution in [3.05, 3.63) is 75.9 Å². The third-order valence-corrected chi connectivity index (χ3v) is 7.06. The Bertz CT molecular complexity index is 1040. The summed E-state index contributed by atoms with van der Waals surface area (Å²) < 4.78 is 5.41. The molecular formula is C32H46ClN3O2. The van der Waals surface area contributed by atoms with Gasteiger partial charge in [0, 0.05) is 54.4 Å². The van der Waals surface area contributed by atoms with Crippen LogP contribution in [0.15, 0.2) is 70.3 Å². The number of nitrogens with zero attached hydrogens (tertiary/aromatic N) is 3. The maximum atomic E-state index is 11.2. The lowest BCUT2D eigenvalue weighted by Crippen LogP contribution is -2.46. The molecule has 1 aliphatic carbocycles. The van der Waals surface area contributed by atoms with E-state index in [0.29, 0.717) is 18.4 Å². The molecule has 0 bridgehead atoms. The van der Waals surface area contributed by atoms with Crippen LogP contribution in [0.3, 0.4) is 0 Å². The third-order valence-electron chi connectivity index (χ3n) is 6.81. The highest BCUT2D eigenvalue weighted by atomic mass is 35.5. The molecule has 2 aliphatic rings. The Hall–Kier alpha value is -2.75. The van der Waals surface area contributed by atoms with Crippen molar-refractivity contribution >= 4 is 23.3 Å². The summed E-state index contributed by atoms with van der Waals surface area (Å²) in [6.07, 6.45) is 12.1. The molecule has 0 amide bonds. The lowest BCUT2D eigenvalue weighted by molar-refractivity contribution is 0.0897. The normalized spacial score (nSPS) is 17.0. The fraction of sp³-hybridized carbons (Fsp3) is 0.531. The third kappa shape index (κ3) is 9.85. The molecule has 1 aromatic carbocycles. The molecule has 0 N–H and O–H groups in total. The van der Waals surface area contributed by atoms with Crippen LogP contribution in [0.25, 0.3) is 0 Å². The summed E-state index contributed by atoms with van der Waals surface area (Å²) in [7, 11) is 0. The van der Waals surface area contributed by atoms with Gasteiger partial charge >= 0.3 is 0 Å². The zero-order valence-electron chi connectivity index (χ0n) is 24.2. The number of halogens is 1. The molecule has 1 aliphatic heterocycles. The Labute approximate surface area is 235 Å². The molecule has 0 spiro atoms. The average Bonchev–Trinajstić information content (AvgIpc) is 3.77. The zero-order valence-corrected chi connectivity index (χ0v) is 25.0. The number of ether oxygens (including phenoxy) is 1. The molecule has 0 atom stereocenters. The van der Waals surface area contributed by atoms with Gasteiger partial charge in [-0.05, 0) is 82.6 Å². The van der Waals surface area contributed by atoms with Crippen LogP contribution in [-0.2, 0) is 16.0 Å². The Balaban J connectivity index is 0.000000423. The Morgan fingerprint density at radius 1 is 1.08 bits per heavy atom. The number of aliphatic imine (C=N–C) groups is 1. The van der Waals surface area contributed by atoms with E-state index in [0.717, 1.165) is 49.8 Å². The van der Waals surface area contributed by atoms with Crippen LogP contribution < -0.4 is 0 Å². The van der Waals surface area contributed by atoms with Crippen molar-refractivity contribution in [1.82, 2.24) is 9.80 Å². The smallest absolute Gasteiger partial charge is 0.278 e. The Morgan fingerprint density at radius 2 is 1.71 bits per heavy atom. The zero-order chi connectivity index (χ0) is 27.9. The largest absolute Gasteiger partial charge is 0.471 e. The van der Waals surface area contributed by atoms with E-state index in [1.807, 2.05) is 36.1 Å². The fourth-order valence-electron chi connectivity index (χ4n) is 4.66. The lowest BCUT2D eigenvalue weighted by atomic mass is 9.95. The molecule has 3 rings (SSSR count). The molecule has 2 fully saturated rings. The molecule has 208 valence electrons. The van der Waals surface area contributed by atoms with E-state index in [9.17, 15) is 4.79 Å². The van der Waals surface area contributed by atoms with Gasteiger partial charge in [-0.25, -0.2) is 4.79 Å². The number of hydrogen-bond acceptors (Lipinski definition) is 5. The average molecular weight is 540 g/mol.